The number of carbonyl (C=O) groups excluding carboxylic acids is 1. The second kappa shape index (κ2) is 7.00. The summed E-state index contributed by atoms with van der Waals surface area (Å²) >= 11 is 0. The average Bonchev–Trinajstić information content (AvgIpc) is 3.25. The summed E-state index contributed by atoms with van der Waals surface area (Å²) in [6.45, 7) is 1.99. The number of benzene rings is 3. The molecule has 0 N–H and O–H groups in total. The molecular formula is C23H19N3O. The van der Waals surface area contributed by atoms with Gasteiger partial charge in [-0.3, -0.25) is 4.79 Å². The summed E-state index contributed by atoms with van der Waals surface area (Å²) in [5.74, 6) is -0.0471. The van der Waals surface area contributed by atoms with Crippen molar-refractivity contribution in [2.24, 2.45) is 0 Å². The van der Waals surface area contributed by atoms with Crippen molar-refractivity contribution in [2.75, 3.05) is 0 Å². The van der Waals surface area contributed by atoms with Crippen LogP contribution in [-0.2, 0) is 5.54 Å². The fraction of sp³-hybridized carbons (Fsp3) is 0.0870. The minimum Gasteiger partial charge on any atom is -0.291 e. The van der Waals surface area contributed by atoms with Gasteiger partial charge in [-0.15, -0.1) is 0 Å². The van der Waals surface area contributed by atoms with Gasteiger partial charge in [0, 0.05) is 5.56 Å². The molecule has 4 heteroatoms. The molecule has 0 unspecified atom stereocenters. The van der Waals surface area contributed by atoms with E-state index >= 15 is 0 Å². The minimum atomic E-state index is -1.13. The van der Waals surface area contributed by atoms with Gasteiger partial charge in [0.25, 0.3) is 0 Å². The zero-order valence-corrected chi connectivity index (χ0v) is 15.0. The van der Waals surface area contributed by atoms with Crippen molar-refractivity contribution >= 4 is 5.78 Å². The molecule has 0 saturated heterocycles. The maximum Gasteiger partial charge on any atom is 0.199 e. The zero-order valence-electron chi connectivity index (χ0n) is 15.0. The van der Waals surface area contributed by atoms with Crippen molar-refractivity contribution < 1.29 is 4.79 Å². The zero-order chi connectivity index (χ0) is 18.7. The Hall–Kier alpha value is -3.53. The summed E-state index contributed by atoms with van der Waals surface area (Å²) in [7, 11) is 0. The first-order chi connectivity index (χ1) is 13.2. The van der Waals surface area contributed by atoms with Gasteiger partial charge in [-0.1, -0.05) is 84.4 Å². The first-order valence-corrected chi connectivity index (χ1v) is 8.80. The molecule has 27 heavy (non-hydrogen) atoms. The molecule has 0 aliphatic heterocycles. The van der Waals surface area contributed by atoms with Gasteiger partial charge in [-0.2, -0.15) is 5.10 Å². The van der Waals surface area contributed by atoms with E-state index in [1.54, 1.807) is 11.0 Å². The molecule has 0 aliphatic carbocycles. The van der Waals surface area contributed by atoms with Gasteiger partial charge in [0.15, 0.2) is 11.3 Å². The van der Waals surface area contributed by atoms with Gasteiger partial charge < -0.3 is 0 Å². The van der Waals surface area contributed by atoms with Crippen LogP contribution in [0, 0.1) is 6.92 Å². The van der Waals surface area contributed by atoms with Crippen LogP contribution < -0.4 is 0 Å². The lowest BCUT2D eigenvalue weighted by molar-refractivity contribution is 0.0878. The number of aryl methyl sites for hydroxylation is 1. The van der Waals surface area contributed by atoms with E-state index in [0.29, 0.717) is 5.56 Å². The van der Waals surface area contributed by atoms with Crippen molar-refractivity contribution in [1.82, 2.24) is 14.8 Å². The molecule has 1 heterocycles. The quantitative estimate of drug-likeness (QED) is 0.504. The molecule has 0 amide bonds. The molecule has 0 radical (unpaired) electrons. The van der Waals surface area contributed by atoms with Crippen LogP contribution in [0.3, 0.4) is 0 Å². The van der Waals surface area contributed by atoms with E-state index in [9.17, 15) is 4.79 Å². The van der Waals surface area contributed by atoms with Crippen molar-refractivity contribution in [1.29, 1.82) is 0 Å². The van der Waals surface area contributed by atoms with Gasteiger partial charge in [-0.05, 0) is 24.1 Å². The Bertz CT molecular complexity index is 1000. The molecule has 0 atom stereocenters. The third kappa shape index (κ3) is 2.85. The van der Waals surface area contributed by atoms with Gasteiger partial charge in [-0.25, -0.2) is 9.67 Å². The number of nitrogens with zero attached hydrogens (tertiary/aromatic N) is 3. The Kier molecular flexibility index (Phi) is 4.38. The second-order valence-electron chi connectivity index (χ2n) is 6.48. The van der Waals surface area contributed by atoms with Crippen molar-refractivity contribution in [3.63, 3.8) is 0 Å². The predicted octanol–water partition coefficient (Wildman–Crippen LogP) is 4.26. The van der Waals surface area contributed by atoms with Crippen LogP contribution in [0.2, 0.25) is 0 Å². The lowest BCUT2D eigenvalue weighted by atomic mass is 9.77. The third-order valence-electron chi connectivity index (χ3n) is 4.75. The molecule has 0 saturated carbocycles. The smallest absolute Gasteiger partial charge is 0.199 e. The predicted molar refractivity (Wildman–Crippen MR) is 105 cm³/mol. The molecule has 1 aromatic heterocycles. The molecule has 132 valence electrons. The summed E-state index contributed by atoms with van der Waals surface area (Å²) in [6, 6.07) is 27.1. The second-order valence-corrected chi connectivity index (χ2v) is 6.48. The summed E-state index contributed by atoms with van der Waals surface area (Å²) < 4.78 is 1.66. The number of Topliss-reactive ketones (excluding diaryl/α,β-unsaturated/α-hetero) is 1. The third-order valence-corrected chi connectivity index (χ3v) is 4.75. The maximum absolute atomic E-state index is 14.0. The molecular weight excluding hydrogens is 334 g/mol. The fourth-order valence-corrected chi connectivity index (χ4v) is 3.53. The topological polar surface area (TPSA) is 47.8 Å². The number of rotatable bonds is 5. The van der Waals surface area contributed by atoms with E-state index < -0.39 is 5.54 Å². The summed E-state index contributed by atoms with van der Waals surface area (Å²) in [4.78, 5) is 18.2. The summed E-state index contributed by atoms with van der Waals surface area (Å²) in [5, 5.41) is 4.40. The number of ketones is 1. The van der Waals surface area contributed by atoms with Gasteiger partial charge in [0.05, 0.1) is 0 Å². The van der Waals surface area contributed by atoms with E-state index in [1.165, 1.54) is 6.33 Å². The van der Waals surface area contributed by atoms with Crippen LogP contribution in [-0.4, -0.2) is 20.5 Å². The first-order valence-electron chi connectivity index (χ1n) is 8.80. The van der Waals surface area contributed by atoms with E-state index in [1.807, 2.05) is 91.9 Å². The number of aromatic nitrogens is 3. The molecule has 0 spiro atoms. The summed E-state index contributed by atoms with van der Waals surface area (Å²) in [6.07, 6.45) is 3.07. The summed E-state index contributed by atoms with van der Waals surface area (Å²) in [5.41, 5.74) is 2.22. The number of hydrogen-bond acceptors (Lipinski definition) is 3. The monoisotopic (exact) mass is 353 g/mol. The Labute approximate surface area is 158 Å². The van der Waals surface area contributed by atoms with Crippen molar-refractivity contribution in [2.45, 2.75) is 12.5 Å². The Balaban J connectivity index is 2.07. The number of carbonyl (C=O) groups is 1. The Morgan fingerprint density at radius 3 is 2.00 bits per heavy atom. The van der Waals surface area contributed by atoms with Crippen molar-refractivity contribution in [3.8, 4) is 0 Å². The Morgan fingerprint density at radius 1 is 0.852 bits per heavy atom. The largest absolute Gasteiger partial charge is 0.291 e. The highest BCUT2D eigenvalue weighted by molar-refractivity contribution is 6.06. The van der Waals surface area contributed by atoms with Crippen molar-refractivity contribution in [3.05, 3.63) is 120 Å². The first kappa shape index (κ1) is 16.9. The standard InChI is InChI=1S/C23H19N3O/c1-18-9-8-10-19(15-18)22(27)23(26-17-24-16-25-26,20-11-4-2-5-12-20)21-13-6-3-7-14-21/h2-17H,1H3. The molecule has 0 fully saturated rings. The molecule has 4 rings (SSSR count). The minimum absolute atomic E-state index is 0.0471. The molecule has 4 nitrogen and oxygen atoms in total. The average molecular weight is 353 g/mol. The van der Waals surface area contributed by atoms with E-state index in [4.69, 9.17) is 0 Å². The molecule has 0 aliphatic rings. The highest BCUT2D eigenvalue weighted by Gasteiger charge is 2.45. The van der Waals surface area contributed by atoms with E-state index in [0.717, 1.165) is 16.7 Å². The van der Waals surface area contributed by atoms with Crippen LogP contribution >= 0.6 is 0 Å². The SMILES string of the molecule is Cc1cccc(C(=O)C(c2ccccc2)(c2ccccc2)n2cncn2)c1. The fourth-order valence-electron chi connectivity index (χ4n) is 3.53. The van der Waals surface area contributed by atoms with Gasteiger partial charge in [0.1, 0.15) is 12.7 Å². The molecule has 3 aromatic carbocycles. The lowest BCUT2D eigenvalue weighted by Crippen LogP contribution is -2.44. The Morgan fingerprint density at radius 2 is 1.48 bits per heavy atom. The van der Waals surface area contributed by atoms with Gasteiger partial charge >= 0.3 is 0 Å². The lowest BCUT2D eigenvalue weighted by Gasteiger charge is -2.33. The van der Waals surface area contributed by atoms with E-state index in [-0.39, 0.29) is 5.78 Å². The highest BCUT2D eigenvalue weighted by Crippen LogP contribution is 2.37. The van der Waals surface area contributed by atoms with E-state index in [2.05, 4.69) is 10.1 Å². The van der Waals surface area contributed by atoms with Crippen LogP contribution in [0.5, 0.6) is 0 Å². The maximum atomic E-state index is 14.0. The number of hydrogen-bond donors (Lipinski definition) is 0. The molecule has 0 bridgehead atoms. The van der Waals surface area contributed by atoms with Crippen LogP contribution in [0.1, 0.15) is 27.0 Å². The molecule has 4 aromatic rings. The van der Waals surface area contributed by atoms with Crippen LogP contribution in [0.15, 0.2) is 97.6 Å². The normalized spacial score (nSPS) is 11.3. The van der Waals surface area contributed by atoms with Crippen LogP contribution in [0.4, 0.5) is 0 Å². The highest BCUT2D eigenvalue weighted by atomic mass is 16.1. The van der Waals surface area contributed by atoms with Crippen LogP contribution in [0.25, 0.3) is 0 Å². The van der Waals surface area contributed by atoms with Gasteiger partial charge in [0.2, 0.25) is 0 Å².